The van der Waals surface area contributed by atoms with E-state index in [0.717, 1.165) is 0 Å². The first-order chi connectivity index (χ1) is 0. The maximum atomic E-state index is 0. The summed E-state index contributed by atoms with van der Waals surface area (Å²) in [6, 6.07) is 0. The first-order valence-electron chi connectivity index (χ1n) is 0. The Balaban J connectivity index is 0. The van der Waals surface area contributed by atoms with Crippen LogP contribution in [0.4, 0.5) is 0 Å². The van der Waals surface area contributed by atoms with Crippen LogP contribution in [0.1, 0.15) is 0 Å². The van der Waals surface area contributed by atoms with Gasteiger partial charge in [-0.1, -0.05) is 0 Å². The van der Waals surface area contributed by atoms with Crippen molar-refractivity contribution in [2.75, 3.05) is 0 Å². The molecule has 0 aromatic carbocycles. The maximum Gasteiger partial charge on any atom is 4.00 e. The zero-order chi connectivity index (χ0) is 0. The first-order valence-corrected chi connectivity index (χ1v) is 0. The minimum absolute atomic E-state index is 0. The van der Waals surface area contributed by atoms with Gasteiger partial charge in [-0.25, -0.2) is 0 Å². The SMILES string of the molecule is [F-].[OH-].[OH-].[OH-].[Zr+4]. The van der Waals surface area contributed by atoms with Gasteiger partial charge in [0.1, 0.15) is 0 Å². The summed E-state index contributed by atoms with van der Waals surface area (Å²) in [5, 5.41) is 0. The molecule has 0 aromatic rings. The average Bonchev–Trinajstić information content (AvgIpc) is 0. The van der Waals surface area contributed by atoms with E-state index in [2.05, 4.69) is 0 Å². The molecule has 0 aromatic heterocycles. The van der Waals surface area contributed by atoms with E-state index in [4.69, 9.17) is 0 Å². The largest absolute Gasteiger partial charge is 4.00 e. The van der Waals surface area contributed by atoms with Crippen molar-refractivity contribution in [1.82, 2.24) is 0 Å². The Bertz CT molecular complexity index is 6.85. The summed E-state index contributed by atoms with van der Waals surface area (Å²) in [5.41, 5.74) is 0. The molecule has 0 aliphatic carbocycles. The van der Waals surface area contributed by atoms with Gasteiger partial charge >= 0.3 is 26.2 Å². The fourth-order valence-corrected chi connectivity index (χ4v) is 0. The molecule has 0 bridgehead atoms. The van der Waals surface area contributed by atoms with Crippen molar-refractivity contribution in [3.63, 3.8) is 0 Å². The minimum Gasteiger partial charge on any atom is -1.00 e. The summed E-state index contributed by atoms with van der Waals surface area (Å²) in [6.45, 7) is 0. The standard InChI is InChI=1S/FH.3H2O.Zr/h1H;3*1H2;/q;;;;+4/p-4. The number of rotatable bonds is 0. The van der Waals surface area contributed by atoms with Crippen LogP contribution >= 0.6 is 0 Å². The van der Waals surface area contributed by atoms with Crippen LogP contribution in [0.2, 0.25) is 0 Å². The zero-order valence-corrected chi connectivity index (χ0v) is 4.68. The van der Waals surface area contributed by atoms with E-state index in [1.165, 1.54) is 0 Å². The topological polar surface area (TPSA) is 90.0 Å². The molecule has 5 heteroatoms. The molecule has 0 saturated heterocycles. The van der Waals surface area contributed by atoms with Crippen LogP contribution in [-0.2, 0) is 26.2 Å². The molecule has 0 aliphatic heterocycles. The summed E-state index contributed by atoms with van der Waals surface area (Å²) < 4.78 is 0. The summed E-state index contributed by atoms with van der Waals surface area (Å²) in [6.07, 6.45) is 0. The Morgan fingerprint density at radius 1 is 0.600 bits per heavy atom. The molecule has 0 radical (unpaired) electrons. The van der Waals surface area contributed by atoms with Gasteiger partial charge in [0.2, 0.25) is 0 Å². The maximum absolute atomic E-state index is 0. The van der Waals surface area contributed by atoms with Gasteiger partial charge in [0.25, 0.3) is 0 Å². The van der Waals surface area contributed by atoms with Gasteiger partial charge in [0.15, 0.2) is 0 Å². The van der Waals surface area contributed by atoms with E-state index in [9.17, 15) is 0 Å². The second-order valence-corrected chi connectivity index (χ2v) is 0. The van der Waals surface area contributed by atoms with E-state index in [1.807, 2.05) is 0 Å². The zero-order valence-electron chi connectivity index (χ0n) is 2.22. The van der Waals surface area contributed by atoms with E-state index in [-0.39, 0.29) is 47.3 Å². The summed E-state index contributed by atoms with van der Waals surface area (Å²) in [5.74, 6) is 0. The fourth-order valence-electron chi connectivity index (χ4n) is 0. The Hall–Kier alpha value is 0.693. The minimum atomic E-state index is 0. The van der Waals surface area contributed by atoms with Crippen molar-refractivity contribution in [3.05, 3.63) is 0 Å². The molecule has 3 N–H and O–H groups in total. The second kappa shape index (κ2) is 133. The number of halogens is 1. The molecule has 0 heterocycles. The molecule has 5 heavy (non-hydrogen) atoms. The van der Waals surface area contributed by atoms with Crippen molar-refractivity contribution in [2.24, 2.45) is 0 Å². The van der Waals surface area contributed by atoms with Gasteiger partial charge in [0.05, 0.1) is 0 Å². The van der Waals surface area contributed by atoms with Crippen molar-refractivity contribution in [1.29, 1.82) is 0 Å². The van der Waals surface area contributed by atoms with Crippen molar-refractivity contribution in [3.8, 4) is 0 Å². The van der Waals surface area contributed by atoms with Crippen LogP contribution in [0.3, 0.4) is 0 Å². The molecule has 0 atom stereocenters. The third-order valence-electron chi connectivity index (χ3n) is 0. The monoisotopic (exact) mass is 160 g/mol. The molecule has 0 unspecified atom stereocenters. The number of hydrogen-bond acceptors (Lipinski definition) is 3. The molecule has 32 valence electrons. The number of hydrogen-bond donors (Lipinski definition) is 0. The molecule has 0 aliphatic rings. The molecular weight excluding hydrogens is 158 g/mol. The Labute approximate surface area is 47.8 Å². The molecule has 0 amide bonds. The Kier molecular flexibility index (Phi) is 6960. The molecular formula is H3FO3Zr. The fraction of sp³-hybridized carbons (Fsp3) is 0. The smallest absolute Gasteiger partial charge is 1.00 e. The predicted octanol–water partition coefficient (Wildman–Crippen LogP) is -3.53. The van der Waals surface area contributed by atoms with Crippen LogP contribution in [0.15, 0.2) is 0 Å². The summed E-state index contributed by atoms with van der Waals surface area (Å²) in [4.78, 5) is 0. The molecule has 0 spiro atoms. The van der Waals surface area contributed by atoms with Crippen LogP contribution in [0.25, 0.3) is 0 Å². The first kappa shape index (κ1) is 261. The van der Waals surface area contributed by atoms with Gasteiger partial charge in [-0.2, -0.15) is 0 Å². The summed E-state index contributed by atoms with van der Waals surface area (Å²) >= 11 is 0. The Morgan fingerprint density at radius 2 is 0.600 bits per heavy atom. The van der Waals surface area contributed by atoms with Crippen LogP contribution in [-0.4, -0.2) is 16.4 Å². The second-order valence-electron chi connectivity index (χ2n) is 0. The predicted molar refractivity (Wildman–Crippen MR) is 5.81 cm³/mol. The molecule has 0 rings (SSSR count). The Morgan fingerprint density at radius 3 is 0.600 bits per heavy atom. The van der Waals surface area contributed by atoms with Gasteiger partial charge in [0, 0.05) is 0 Å². The van der Waals surface area contributed by atoms with E-state index in [0.29, 0.717) is 0 Å². The van der Waals surface area contributed by atoms with E-state index >= 15 is 0 Å². The van der Waals surface area contributed by atoms with Crippen LogP contribution in [0.5, 0.6) is 0 Å². The van der Waals surface area contributed by atoms with Gasteiger partial charge in [-0.3, -0.25) is 0 Å². The van der Waals surface area contributed by atoms with Crippen LogP contribution < -0.4 is 4.70 Å². The van der Waals surface area contributed by atoms with Gasteiger partial charge < -0.3 is 21.1 Å². The normalized spacial score (nSPS) is 0. The van der Waals surface area contributed by atoms with E-state index < -0.39 is 0 Å². The van der Waals surface area contributed by atoms with Gasteiger partial charge in [-0.05, 0) is 0 Å². The van der Waals surface area contributed by atoms with E-state index in [1.54, 1.807) is 0 Å². The molecule has 3 nitrogen and oxygen atoms in total. The molecule has 0 fully saturated rings. The van der Waals surface area contributed by atoms with Gasteiger partial charge in [-0.15, -0.1) is 0 Å². The van der Waals surface area contributed by atoms with Crippen molar-refractivity contribution in [2.45, 2.75) is 0 Å². The van der Waals surface area contributed by atoms with Crippen molar-refractivity contribution >= 4 is 0 Å². The van der Waals surface area contributed by atoms with Crippen LogP contribution in [0, 0.1) is 0 Å². The van der Waals surface area contributed by atoms with Crippen molar-refractivity contribution < 1.29 is 47.3 Å². The molecule has 0 saturated carbocycles. The quantitative estimate of drug-likeness (QED) is 0.368. The summed E-state index contributed by atoms with van der Waals surface area (Å²) in [7, 11) is 0. The third kappa shape index (κ3) is 70.9. The third-order valence-corrected chi connectivity index (χ3v) is 0. The average molecular weight is 161 g/mol.